The normalized spacial score (nSPS) is 18.4. The van der Waals surface area contributed by atoms with Crippen LogP contribution in [0.5, 0.6) is 5.75 Å². The summed E-state index contributed by atoms with van der Waals surface area (Å²) in [5.74, 6) is 0.925. The minimum atomic E-state index is -3.77. The van der Waals surface area contributed by atoms with Crippen molar-refractivity contribution in [2.75, 3.05) is 24.6 Å². The first-order valence-corrected chi connectivity index (χ1v) is 11.3. The van der Waals surface area contributed by atoms with E-state index in [0.29, 0.717) is 38.0 Å². The number of aryl methyl sites for hydroxylation is 1. The highest BCUT2D eigenvalue weighted by Gasteiger charge is 2.33. The number of sulfonamides is 1. The highest BCUT2D eigenvalue weighted by molar-refractivity contribution is 7.89. The molecule has 1 atom stereocenters. The number of carbonyl (C=O) groups excluding carboxylic acids is 1. The van der Waals surface area contributed by atoms with Crippen molar-refractivity contribution in [2.24, 2.45) is 0 Å². The first kappa shape index (κ1) is 18.6. The van der Waals surface area contributed by atoms with Gasteiger partial charge in [0, 0.05) is 25.9 Å². The Hall–Kier alpha value is -2.42. The SMILES string of the molecule is O=C1CCc2cc(S(=O)(=O)NC[C@H](O)c3ccc4c(c3)CCO4)cc3c2N1CC3. The summed E-state index contributed by atoms with van der Waals surface area (Å²) in [6.07, 6.45) is 1.47. The van der Waals surface area contributed by atoms with E-state index in [1.54, 1.807) is 23.1 Å². The summed E-state index contributed by atoms with van der Waals surface area (Å²) in [5, 5.41) is 10.5. The van der Waals surface area contributed by atoms with Gasteiger partial charge in [-0.1, -0.05) is 6.07 Å². The number of aliphatic hydroxyl groups excluding tert-OH is 1. The summed E-state index contributed by atoms with van der Waals surface area (Å²) >= 11 is 0. The van der Waals surface area contributed by atoms with Crippen molar-refractivity contribution in [2.45, 2.75) is 36.7 Å². The fourth-order valence-corrected chi connectivity index (χ4v) is 5.52. The lowest BCUT2D eigenvalue weighted by molar-refractivity contribution is -0.118. The van der Waals surface area contributed by atoms with Crippen LogP contribution in [0, 0.1) is 0 Å². The molecule has 0 saturated carbocycles. The van der Waals surface area contributed by atoms with Crippen molar-refractivity contribution >= 4 is 21.6 Å². The van der Waals surface area contributed by atoms with E-state index in [9.17, 15) is 18.3 Å². The molecule has 2 N–H and O–H groups in total. The molecule has 0 saturated heterocycles. The number of anilines is 1. The fourth-order valence-electron chi connectivity index (χ4n) is 4.38. The van der Waals surface area contributed by atoms with Gasteiger partial charge in [-0.25, -0.2) is 13.1 Å². The number of aliphatic hydroxyl groups is 1. The maximum absolute atomic E-state index is 12.9. The van der Waals surface area contributed by atoms with Gasteiger partial charge in [-0.05, 0) is 59.4 Å². The van der Waals surface area contributed by atoms with Crippen molar-refractivity contribution in [1.29, 1.82) is 0 Å². The lowest BCUT2D eigenvalue weighted by Crippen LogP contribution is -2.33. The van der Waals surface area contributed by atoms with Crippen LogP contribution in [-0.4, -0.2) is 39.1 Å². The van der Waals surface area contributed by atoms with Crippen LogP contribution in [0.1, 0.15) is 34.8 Å². The third kappa shape index (κ3) is 3.21. The van der Waals surface area contributed by atoms with Crippen molar-refractivity contribution in [3.8, 4) is 5.75 Å². The largest absolute Gasteiger partial charge is 0.493 e. The van der Waals surface area contributed by atoms with Gasteiger partial charge in [0.25, 0.3) is 0 Å². The summed E-state index contributed by atoms with van der Waals surface area (Å²) in [6.45, 7) is 1.13. The summed E-state index contributed by atoms with van der Waals surface area (Å²) < 4.78 is 33.7. The van der Waals surface area contributed by atoms with Crippen LogP contribution in [0.25, 0.3) is 0 Å². The Kier molecular flexibility index (Phi) is 4.38. The number of carbonyl (C=O) groups is 1. The standard InChI is InChI=1S/C21H22N2O5S/c24-18(13-1-3-19-14(9-13)6-8-28-19)12-22-29(26,27)17-10-15-2-4-20(25)23-7-5-16(11-17)21(15)23/h1,3,9-11,18,22,24H,2,4-8,12H2/t18-/m0/s1. The second-order valence-corrected chi connectivity index (χ2v) is 9.49. The van der Waals surface area contributed by atoms with Crippen LogP contribution >= 0.6 is 0 Å². The molecule has 0 unspecified atom stereocenters. The van der Waals surface area contributed by atoms with Gasteiger partial charge in [-0.15, -0.1) is 0 Å². The second kappa shape index (κ2) is 6.83. The molecule has 0 radical (unpaired) electrons. The molecule has 0 spiro atoms. The Morgan fingerprint density at radius 1 is 1.07 bits per heavy atom. The predicted molar refractivity (Wildman–Crippen MR) is 107 cm³/mol. The molecule has 2 aromatic rings. The molecular weight excluding hydrogens is 392 g/mol. The van der Waals surface area contributed by atoms with Crippen LogP contribution in [0.15, 0.2) is 35.2 Å². The number of nitrogens with zero attached hydrogens (tertiary/aromatic N) is 1. The highest BCUT2D eigenvalue weighted by atomic mass is 32.2. The lowest BCUT2D eigenvalue weighted by Gasteiger charge is -2.25. The van der Waals surface area contributed by atoms with Gasteiger partial charge in [0.2, 0.25) is 15.9 Å². The van der Waals surface area contributed by atoms with E-state index in [4.69, 9.17) is 4.74 Å². The minimum absolute atomic E-state index is 0.104. The number of fused-ring (bicyclic) bond motifs is 1. The number of rotatable bonds is 5. The zero-order valence-electron chi connectivity index (χ0n) is 15.8. The molecule has 3 aliphatic rings. The Morgan fingerprint density at radius 2 is 1.86 bits per heavy atom. The quantitative estimate of drug-likeness (QED) is 0.773. The Labute approximate surface area is 169 Å². The molecule has 0 fully saturated rings. The third-order valence-electron chi connectivity index (χ3n) is 5.90. The molecule has 0 bridgehead atoms. The maximum atomic E-state index is 12.9. The lowest BCUT2D eigenvalue weighted by atomic mass is 10.00. The average molecular weight is 414 g/mol. The number of amides is 1. The van der Waals surface area contributed by atoms with E-state index >= 15 is 0 Å². The molecule has 29 heavy (non-hydrogen) atoms. The van der Waals surface area contributed by atoms with Crippen molar-refractivity contribution in [1.82, 2.24) is 4.72 Å². The maximum Gasteiger partial charge on any atom is 0.240 e. The molecular formula is C21H22N2O5S. The first-order chi connectivity index (χ1) is 13.9. The van der Waals surface area contributed by atoms with Gasteiger partial charge in [0.15, 0.2) is 0 Å². The molecule has 2 aromatic carbocycles. The summed E-state index contributed by atoms with van der Waals surface area (Å²) in [4.78, 5) is 14.0. The van der Waals surface area contributed by atoms with Gasteiger partial charge in [0.05, 0.1) is 23.3 Å². The predicted octanol–water partition coefficient (Wildman–Crippen LogP) is 1.47. The number of hydrogen-bond acceptors (Lipinski definition) is 5. The smallest absolute Gasteiger partial charge is 0.240 e. The van der Waals surface area contributed by atoms with Crippen LogP contribution < -0.4 is 14.4 Å². The van der Waals surface area contributed by atoms with Gasteiger partial charge in [-0.3, -0.25) is 4.79 Å². The summed E-state index contributed by atoms with van der Waals surface area (Å²) in [5.41, 5.74) is 4.38. The number of ether oxygens (including phenoxy) is 1. The van der Waals surface area contributed by atoms with E-state index in [1.165, 1.54) is 0 Å². The van der Waals surface area contributed by atoms with E-state index < -0.39 is 16.1 Å². The molecule has 3 heterocycles. The molecule has 3 aliphatic heterocycles. The number of hydrogen-bond donors (Lipinski definition) is 2. The van der Waals surface area contributed by atoms with Gasteiger partial charge in [0.1, 0.15) is 5.75 Å². The summed E-state index contributed by atoms with van der Waals surface area (Å²) in [7, 11) is -3.77. The van der Waals surface area contributed by atoms with Crippen LogP contribution in [0.3, 0.4) is 0 Å². The van der Waals surface area contributed by atoms with Crippen molar-refractivity contribution < 1.29 is 23.1 Å². The molecule has 0 aliphatic carbocycles. The van der Waals surface area contributed by atoms with Gasteiger partial charge in [-0.2, -0.15) is 0 Å². The minimum Gasteiger partial charge on any atom is -0.493 e. The molecule has 5 rings (SSSR count). The summed E-state index contributed by atoms with van der Waals surface area (Å²) in [6, 6.07) is 8.75. The topological polar surface area (TPSA) is 95.9 Å². The van der Waals surface area contributed by atoms with Gasteiger partial charge < -0.3 is 14.7 Å². The average Bonchev–Trinajstić information content (AvgIpc) is 3.36. The van der Waals surface area contributed by atoms with Crippen LogP contribution in [0.4, 0.5) is 5.69 Å². The molecule has 7 nitrogen and oxygen atoms in total. The fraction of sp³-hybridized carbons (Fsp3) is 0.381. The molecule has 1 amide bonds. The van der Waals surface area contributed by atoms with Crippen molar-refractivity contribution in [3.05, 3.63) is 52.6 Å². The van der Waals surface area contributed by atoms with Crippen LogP contribution in [0.2, 0.25) is 0 Å². The number of nitrogens with one attached hydrogen (secondary N) is 1. The van der Waals surface area contributed by atoms with E-state index in [1.807, 2.05) is 12.1 Å². The van der Waals surface area contributed by atoms with Crippen molar-refractivity contribution in [3.63, 3.8) is 0 Å². The Balaban J connectivity index is 1.35. The second-order valence-electron chi connectivity index (χ2n) is 7.72. The first-order valence-electron chi connectivity index (χ1n) is 9.82. The molecule has 8 heteroatoms. The number of benzene rings is 2. The Morgan fingerprint density at radius 3 is 2.69 bits per heavy atom. The highest BCUT2D eigenvalue weighted by Crippen LogP contribution is 2.38. The van der Waals surface area contributed by atoms with E-state index in [-0.39, 0.29) is 17.3 Å². The Bertz CT molecular complexity index is 1110. The zero-order valence-corrected chi connectivity index (χ0v) is 16.7. The monoisotopic (exact) mass is 414 g/mol. The van der Waals surface area contributed by atoms with E-state index in [2.05, 4.69) is 4.72 Å². The zero-order chi connectivity index (χ0) is 20.2. The molecule has 0 aromatic heterocycles. The third-order valence-corrected chi connectivity index (χ3v) is 7.30. The van der Waals surface area contributed by atoms with Gasteiger partial charge >= 0.3 is 0 Å². The molecule has 152 valence electrons. The van der Waals surface area contributed by atoms with Crippen LogP contribution in [-0.2, 0) is 34.1 Å². The van der Waals surface area contributed by atoms with E-state index in [0.717, 1.165) is 34.5 Å².